The molecule has 14 heteroatoms. The molecular weight excluding hydrogens is 612 g/mol. The summed E-state index contributed by atoms with van der Waals surface area (Å²) in [5.74, 6) is -0.426. The zero-order valence-corrected chi connectivity index (χ0v) is 25.3. The third kappa shape index (κ3) is 7.88. The van der Waals surface area contributed by atoms with Crippen molar-refractivity contribution in [2.75, 3.05) is 19.0 Å². The number of nitrogens with one attached hydrogen (secondary N) is 2. The molecule has 1 atom stereocenters. The highest BCUT2D eigenvalue weighted by molar-refractivity contribution is 6.30. The standard InChI is InChI=1S/C32H29ClN8O5/c1-46-32(45)35-25-11-7-22(8-12-25)26-19-28(37-40(15-16-42)31(26)44)27(17-21-5-3-2-4-6-21)36-30(43)14-9-23-18-24(33)10-13-29(23)41-20-34-38-39-41/h2-14,18-20,27,42H,15-17H2,1H3,(H,35,45)(H,36,43)/b14-9+. The van der Waals surface area contributed by atoms with Crippen molar-refractivity contribution >= 4 is 35.4 Å². The van der Waals surface area contributed by atoms with Gasteiger partial charge in [0.05, 0.1) is 43.2 Å². The molecule has 0 saturated carbocycles. The summed E-state index contributed by atoms with van der Waals surface area (Å²) in [5.41, 5.74) is 3.46. The molecule has 5 aromatic rings. The van der Waals surface area contributed by atoms with E-state index < -0.39 is 23.6 Å². The highest BCUT2D eigenvalue weighted by atomic mass is 35.5. The summed E-state index contributed by atoms with van der Waals surface area (Å²) in [6.07, 6.45) is 4.14. The monoisotopic (exact) mass is 640 g/mol. The fraction of sp³-hybridized carbons (Fsp3) is 0.156. The van der Waals surface area contributed by atoms with Gasteiger partial charge in [0.2, 0.25) is 5.91 Å². The summed E-state index contributed by atoms with van der Waals surface area (Å²) in [7, 11) is 1.26. The second-order valence-electron chi connectivity index (χ2n) is 9.97. The Morgan fingerprint density at radius 3 is 2.54 bits per heavy atom. The van der Waals surface area contributed by atoms with Crippen LogP contribution in [0.15, 0.2) is 96.1 Å². The number of anilines is 1. The maximum atomic E-state index is 13.4. The van der Waals surface area contributed by atoms with E-state index in [4.69, 9.17) is 11.6 Å². The molecule has 0 fully saturated rings. The first-order valence-electron chi connectivity index (χ1n) is 14.1. The van der Waals surface area contributed by atoms with Gasteiger partial charge in [0.15, 0.2) is 0 Å². The Morgan fingerprint density at radius 1 is 1.07 bits per heavy atom. The maximum Gasteiger partial charge on any atom is 0.411 e. The summed E-state index contributed by atoms with van der Waals surface area (Å²) in [6.45, 7) is -0.373. The predicted octanol–water partition coefficient (Wildman–Crippen LogP) is 3.82. The number of hydrogen-bond acceptors (Lipinski definition) is 9. The minimum atomic E-state index is -0.664. The topological polar surface area (TPSA) is 166 Å². The van der Waals surface area contributed by atoms with Crippen molar-refractivity contribution in [1.29, 1.82) is 0 Å². The smallest absolute Gasteiger partial charge is 0.411 e. The third-order valence-corrected chi connectivity index (χ3v) is 7.12. The van der Waals surface area contributed by atoms with Crippen LogP contribution in [0.3, 0.4) is 0 Å². The van der Waals surface area contributed by atoms with Crippen LogP contribution in [0, 0.1) is 0 Å². The number of carbonyl (C=O) groups is 2. The first kappa shape index (κ1) is 31.8. The van der Waals surface area contributed by atoms with E-state index in [9.17, 15) is 19.5 Å². The quantitative estimate of drug-likeness (QED) is 0.182. The first-order chi connectivity index (χ1) is 22.3. The van der Waals surface area contributed by atoms with Crippen molar-refractivity contribution in [3.8, 4) is 16.8 Å². The van der Waals surface area contributed by atoms with Crippen LogP contribution < -0.4 is 16.2 Å². The molecule has 46 heavy (non-hydrogen) atoms. The normalized spacial score (nSPS) is 11.7. The van der Waals surface area contributed by atoms with Gasteiger partial charge in [-0.25, -0.2) is 9.48 Å². The van der Waals surface area contributed by atoms with Gasteiger partial charge in [-0.05, 0) is 70.4 Å². The molecule has 0 aliphatic rings. The van der Waals surface area contributed by atoms with E-state index >= 15 is 0 Å². The number of tetrazole rings is 1. The van der Waals surface area contributed by atoms with Crippen LogP contribution in [0.1, 0.15) is 22.9 Å². The number of carbonyl (C=O) groups excluding carboxylic acids is 2. The fourth-order valence-electron chi connectivity index (χ4n) is 4.69. The number of aliphatic hydroxyl groups excluding tert-OH is 1. The lowest BCUT2D eigenvalue weighted by atomic mass is 10.00. The molecule has 0 aliphatic carbocycles. The molecule has 0 saturated heterocycles. The van der Waals surface area contributed by atoms with Gasteiger partial charge >= 0.3 is 6.09 Å². The van der Waals surface area contributed by atoms with Crippen molar-refractivity contribution in [2.45, 2.75) is 19.0 Å². The number of benzene rings is 3. The van der Waals surface area contributed by atoms with Gasteiger partial charge in [-0.1, -0.05) is 54.1 Å². The molecule has 0 aliphatic heterocycles. The van der Waals surface area contributed by atoms with Crippen molar-refractivity contribution < 1.29 is 19.4 Å². The van der Waals surface area contributed by atoms with E-state index in [1.54, 1.807) is 54.6 Å². The van der Waals surface area contributed by atoms with Crippen molar-refractivity contribution in [3.05, 3.63) is 123 Å². The van der Waals surface area contributed by atoms with Gasteiger partial charge in [0.1, 0.15) is 6.33 Å². The molecule has 13 nitrogen and oxygen atoms in total. The van der Waals surface area contributed by atoms with E-state index in [0.717, 1.165) is 5.56 Å². The zero-order chi connectivity index (χ0) is 32.5. The van der Waals surface area contributed by atoms with E-state index in [2.05, 4.69) is 36.0 Å². The van der Waals surface area contributed by atoms with Gasteiger partial charge in [0.25, 0.3) is 5.56 Å². The van der Waals surface area contributed by atoms with E-state index in [1.165, 1.54) is 28.9 Å². The highest BCUT2D eigenvalue weighted by Gasteiger charge is 2.20. The van der Waals surface area contributed by atoms with Gasteiger partial charge in [0, 0.05) is 22.3 Å². The van der Waals surface area contributed by atoms with Crippen molar-refractivity contribution in [3.63, 3.8) is 0 Å². The Labute approximate surface area is 268 Å². The van der Waals surface area contributed by atoms with Gasteiger partial charge < -0.3 is 15.2 Å². The zero-order valence-electron chi connectivity index (χ0n) is 24.6. The Balaban J connectivity index is 1.49. The van der Waals surface area contributed by atoms with Crippen LogP contribution in [-0.4, -0.2) is 60.8 Å². The number of rotatable bonds is 11. The maximum absolute atomic E-state index is 13.4. The molecule has 3 N–H and O–H groups in total. The van der Waals surface area contributed by atoms with Crippen molar-refractivity contribution in [1.82, 2.24) is 35.3 Å². The van der Waals surface area contributed by atoms with Crippen LogP contribution in [0.4, 0.5) is 10.5 Å². The van der Waals surface area contributed by atoms with E-state index in [-0.39, 0.29) is 13.2 Å². The van der Waals surface area contributed by atoms with E-state index in [1.807, 2.05) is 30.3 Å². The summed E-state index contributed by atoms with van der Waals surface area (Å²) in [6, 6.07) is 22.2. The fourth-order valence-corrected chi connectivity index (χ4v) is 4.87. The lowest BCUT2D eigenvalue weighted by Gasteiger charge is -2.20. The van der Waals surface area contributed by atoms with Gasteiger partial charge in [-0.2, -0.15) is 9.78 Å². The number of amides is 2. The summed E-state index contributed by atoms with van der Waals surface area (Å²) in [4.78, 5) is 38.4. The average molecular weight is 641 g/mol. The molecular formula is C32H29ClN8O5. The minimum absolute atomic E-state index is 0.0533. The van der Waals surface area contributed by atoms with E-state index in [0.29, 0.717) is 45.2 Å². The number of halogens is 1. The number of aliphatic hydroxyl groups is 1. The second kappa shape index (κ2) is 14.9. The number of methoxy groups -OCH3 is 1. The molecule has 2 amide bonds. The summed E-state index contributed by atoms with van der Waals surface area (Å²) < 4.78 is 7.27. The molecule has 234 valence electrons. The second-order valence-corrected chi connectivity index (χ2v) is 10.4. The lowest BCUT2D eigenvalue weighted by molar-refractivity contribution is -0.117. The van der Waals surface area contributed by atoms with Crippen LogP contribution in [0.5, 0.6) is 0 Å². The SMILES string of the molecule is COC(=O)Nc1ccc(-c2cc(C(Cc3ccccc3)NC(=O)/C=C/c3cc(Cl)ccc3-n3cnnn3)nn(CCO)c2=O)cc1. The Morgan fingerprint density at radius 2 is 1.85 bits per heavy atom. The highest BCUT2D eigenvalue weighted by Crippen LogP contribution is 2.24. The van der Waals surface area contributed by atoms with Gasteiger partial charge in [-0.3, -0.25) is 14.9 Å². The Bertz CT molecular complexity index is 1890. The Kier molecular flexibility index (Phi) is 10.3. The summed E-state index contributed by atoms with van der Waals surface area (Å²) >= 11 is 6.23. The molecule has 3 aromatic carbocycles. The molecule has 2 heterocycles. The number of ether oxygens (including phenoxy) is 1. The molecule has 2 aromatic heterocycles. The summed E-state index contributed by atoms with van der Waals surface area (Å²) in [5, 5.41) is 31.6. The first-order valence-corrected chi connectivity index (χ1v) is 14.5. The lowest BCUT2D eigenvalue weighted by Crippen LogP contribution is -2.33. The van der Waals surface area contributed by atoms with Crippen LogP contribution in [0.2, 0.25) is 5.02 Å². The van der Waals surface area contributed by atoms with Crippen LogP contribution >= 0.6 is 11.6 Å². The third-order valence-electron chi connectivity index (χ3n) is 6.89. The van der Waals surface area contributed by atoms with Crippen LogP contribution in [0.25, 0.3) is 22.9 Å². The largest absolute Gasteiger partial charge is 0.453 e. The number of aromatic nitrogens is 6. The Hall–Kier alpha value is -5.66. The van der Waals surface area contributed by atoms with Crippen LogP contribution in [-0.2, 0) is 22.5 Å². The number of nitrogens with zero attached hydrogens (tertiary/aromatic N) is 6. The van der Waals surface area contributed by atoms with Gasteiger partial charge in [-0.15, -0.1) is 5.10 Å². The number of hydrogen-bond donors (Lipinski definition) is 3. The minimum Gasteiger partial charge on any atom is -0.453 e. The molecule has 0 spiro atoms. The molecule has 0 radical (unpaired) electrons. The van der Waals surface area contributed by atoms with Crippen molar-refractivity contribution in [2.24, 2.45) is 0 Å². The molecule has 0 bridgehead atoms. The molecule has 1 unspecified atom stereocenters. The molecule has 5 rings (SSSR count). The average Bonchev–Trinajstić information content (AvgIpc) is 3.60. The predicted molar refractivity (Wildman–Crippen MR) is 171 cm³/mol.